The smallest absolute Gasteiger partial charge is 0.303 e. The van der Waals surface area contributed by atoms with E-state index in [2.05, 4.69) is 32.0 Å². The van der Waals surface area contributed by atoms with Gasteiger partial charge < -0.3 is 14.7 Å². The molecule has 3 heterocycles. The van der Waals surface area contributed by atoms with Gasteiger partial charge in [0.1, 0.15) is 12.1 Å². The number of aliphatic carboxylic acids is 1. The summed E-state index contributed by atoms with van der Waals surface area (Å²) in [6.45, 7) is 3.16. The molecule has 192 valence electrons. The Labute approximate surface area is 217 Å². The number of hydrogen-bond acceptors (Lipinski definition) is 7. The van der Waals surface area contributed by atoms with Gasteiger partial charge >= 0.3 is 5.97 Å². The zero-order valence-electron chi connectivity index (χ0n) is 21.0. The number of benzene rings is 1. The molecule has 0 unspecified atom stereocenters. The van der Waals surface area contributed by atoms with Crippen LogP contribution < -0.4 is 4.74 Å². The van der Waals surface area contributed by atoms with Crippen LogP contribution >= 0.6 is 11.8 Å². The van der Waals surface area contributed by atoms with Gasteiger partial charge in [0, 0.05) is 36.5 Å². The summed E-state index contributed by atoms with van der Waals surface area (Å²) in [5, 5.41) is 11.5. The third-order valence-corrected chi connectivity index (χ3v) is 8.22. The van der Waals surface area contributed by atoms with Gasteiger partial charge in [0.25, 0.3) is 0 Å². The Morgan fingerprint density at radius 3 is 2.86 bits per heavy atom. The van der Waals surface area contributed by atoms with Crippen LogP contribution in [0, 0.1) is 11.8 Å². The maximum Gasteiger partial charge on any atom is 0.303 e. The summed E-state index contributed by atoms with van der Waals surface area (Å²) in [5.41, 5.74) is 2.30. The molecule has 1 aliphatic rings. The average molecular weight is 509 g/mol. The molecule has 1 aliphatic heterocycles. The maximum absolute atomic E-state index is 11.3. The van der Waals surface area contributed by atoms with Gasteiger partial charge in [-0.2, -0.15) is 0 Å². The number of ether oxygens (including phenoxy) is 1. The number of rotatable bonds is 13. The standard InChI is InChI=1S/C28H36N4O3S/c1-35-24-7-8-26-25(18-24)22(10-14-30-26)5-2-4-21-12-16-32(19-23(21)6-9-28(33)34)15-3-17-36-27-11-13-29-20-31-27/h7-8,10-11,13-14,18,20-21,23H,2-6,9,12,15-17,19H2,1H3,(H,33,34)/t21-,23+/m1/s1. The lowest BCUT2D eigenvalue weighted by atomic mass is 9.79. The van der Waals surface area contributed by atoms with E-state index in [0.717, 1.165) is 85.6 Å². The molecule has 0 amide bonds. The Bertz CT molecular complexity index is 1110. The van der Waals surface area contributed by atoms with E-state index in [0.29, 0.717) is 11.8 Å². The summed E-state index contributed by atoms with van der Waals surface area (Å²) in [4.78, 5) is 26.6. The van der Waals surface area contributed by atoms with Crippen molar-refractivity contribution in [3.05, 3.63) is 54.6 Å². The molecule has 1 N–H and O–H groups in total. The minimum absolute atomic E-state index is 0.257. The molecule has 1 saturated heterocycles. The SMILES string of the molecule is COc1ccc2nccc(CCC[C@@H]3CCN(CCCSc4ccncn4)C[C@@H]3CCC(=O)O)c2c1. The van der Waals surface area contributed by atoms with Crippen molar-refractivity contribution in [2.45, 2.75) is 50.0 Å². The highest BCUT2D eigenvalue weighted by molar-refractivity contribution is 7.99. The highest BCUT2D eigenvalue weighted by Gasteiger charge is 2.29. The highest BCUT2D eigenvalue weighted by Crippen LogP contribution is 2.32. The molecule has 0 spiro atoms. The molecule has 0 radical (unpaired) electrons. The third-order valence-electron chi connectivity index (χ3n) is 7.19. The zero-order chi connectivity index (χ0) is 25.2. The number of methoxy groups -OCH3 is 1. The van der Waals surface area contributed by atoms with Crippen LogP contribution in [0.25, 0.3) is 10.9 Å². The van der Waals surface area contributed by atoms with Crippen molar-refractivity contribution >= 4 is 28.6 Å². The van der Waals surface area contributed by atoms with E-state index in [1.54, 1.807) is 31.4 Å². The highest BCUT2D eigenvalue weighted by atomic mass is 32.2. The van der Waals surface area contributed by atoms with Crippen LogP contribution in [0.3, 0.4) is 0 Å². The quantitative estimate of drug-likeness (QED) is 0.188. The molecule has 0 saturated carbocycles. The Kier molecular flexibility index (Phi) is 9.93. The van der Waals surface area contributed by atoms with E-state index < -0.39 is 5.97 Å². The maximum atomic E-state index is 11.3. The largest absolute Gasteiger partial charge is 0.497 e. The lowest BCUT2D eigenvalue weighted by Crippen LogP contribution is -2.41. The molecule has 0 bridgehead atoms. The average Bonchev–Trinajstić information content (AvgIpc) is 2.91. The lowest BCUT2D eigenvalue weighted by molar-refractivity contribution is -0.137. The van der Waals surface area contributed by atoms with Crippen LogP contribution in [0.4, 0.5) is 0 Å². The van der Waals surface area contributed by atoms with Gasteiger partial charge in [-0.15, -0.1) is 11.8 Å². The predicted octanol–water partition coefficient (Wildman–Crippen LogP) is 5.34. The van der Waals surface area contributed by atoms with E-state index in [9.17, 15) is 9.90 Å². The third kappa shape index (κ3) is 7.64. The molecular formula is C28H36N4O3S. The monoisotopic (exact) mass is 508 g/mol. The zero-order valence-corrected chi connectivity index (χ0v) is 21.8. The number of nitrogens with zero attached hydrogens (tertiary/aromatic N) is 4. The van der Waals surface area contributed by atoms with Gasteiger partial charge in [-0.05, 0) is 99.3 Å². The van der Waals surface area contributed by atoms with Gasteiger partial charge in [-0.25, -0.2) is 9.97 Å². The molecule has 1 fully saturated rings. The van der Waals surface area contributed by atoms with Crippen molar-refractivity contribution in [1.82, 2.24) is 19.9 Å². The number of carboxylic acid groups (broad SMARTS) is 1. The summed E-state index contributed by atoms with van der Waals surface area (Å²) in [5.74, 6) is 2.22. The topological polar surface area (TPSA) is 88.4 Å². The first-order valence-electron chi connectivity index (χ1n) is 12.9. The van der Waals surface area contributed by atoms with Crippen molar-refractivity contribution in [3.63, 3.8) is 0 Å². The number of piperidine rings is 1. The molecule has 36 heavy (non-hydrogen) atoms. The van der Waals surface area contributed by atoms with Gasteiger partial charge in [-0.3, -0.25) is 9.78 Å². The molecule has 0 aliphatic carbocycles. The molecule has 3 aromatic rings. The first-order chi connectivity index (χ1) is 17.6. The van der Waals surface area contributed by atoms with Crippen LogP contribution in [0.2, 0.25) is 0 Å². The van der Waals surface area contributed by atoms with Crippen molar-refractivity contribution in [2.75, 3.05) is 32.5 Å². The molecule has 1 aromatic carbocycles. The summed E-state index contributed by atoms with van der Waals surface area (Å²) in [6, 6.07) is 10.1. The number of aromatic nitrogens is 3. The van der Waals surface area contributed by atoms with Crippen molar-refractivity contribution < 1.29 is 14.6 Å². The van der Waals surface area contributed by atoms with Crippen molar-refractivity contribution in [1.29, 1.82) is 0 Å². The van der Waals surface area contributed by atoms with E-state index in [4.69, 9.17) is 4.74 Å². The van der Waals surface area contributed by atoms with Crippen LogP contribution in [0.5, 0.6) is 5.75 Å². The number of carboxylic acids is 1. The number of likely N-dealkylation sites (tertiary alicyclic amines) is 1. The van der Waals surface area contributed by atoms with E-state index in [1.807, 2.05) is 24.4 Å². The number of fused-ring (bicyclic) bond motifs is 1. The second-order valence-corrected chi connectivity index (χ2v) is 10.7. The molecular weight excluding hydrogens is 472 g/mol. The summed E-state index contributed by atoms with van der Waals surface area (Å²) < 4.78 is 5.42. The lowest BCUT2D eigenvalue weighted by Gasteiger charge is -2.39. The van der Waals surface area contributed by atoms with Gasteiger partial charge in [0.05, 0.1) is 17.7 Å². The van der Waals surface area contributed by atoms with Crippen LogP contribution in [0.15, 0.2) is 54.1 Å². The van der Waals surface area contributed by atoms with E-state index >= 15 is 0 Å². The Morgan fingerprint density at radius 1 is 1.14 bits per heavy atom. The normalized spacial score (nSPS) is 18.4. The minimum atomic E-state index is -0.690. The Morgan fingerprint density at radius 2 is 2.06 bits per heavy atom. The second-order valence-electron chi connectivity index (χ2n) is 9.54. The van der Waals surface area contributed by atoms with Crippen LogP contribution in [-0.4, -0.2) is 63.4 Å². The Balaban J connectivity index is 1.28. The number of aryl methyl sites for hydroxylation is 1. The Hall–Kier alpha value is -2.71. The fraction of sp³-hybridized carbons (Fsp3) is 0.500. The number of carbonyl (C=O) groups is 1. The molecule has 2 atom stereocenters. The van der Waals surface area contributed by atoms with E-state index in [-0.39, 0.29) is 6.42 Å². The van der Waals surface area contributed by atoms with Gasteiger partial charge in [-0.1, -0.05) is 0 Å². The minimum Gasteiger partial charge on any atom is -0.497 e. The molecule has 4 rings (SSSR count). The van der Waals surface area contributed by atoms with Crippen molar-refractivity contribution in [2.24, 2.45) is 11.8 Å². The predicted molar refractivity (Wildman–Crippen MR) is 144 cm³/mol. The van der Waals surface area contributed by atoms with Crippen LogP contribution in [-0.2, 0) is 11.2 Å². The molecule has 8 heteroatoms. The number of pyridine rings is 1. The van der Waals surface area contributed by atoms with Gasteiger partial charge in [0.2, 0.25) is 0 Å². The number of hydrogen-bond donors (Lipinski definition) is 1. The summed E-state index contributed by atoms with van der Waals surface area (Å²) in [6.07, 6.45) is 11.8. The first kappa shape index (κ1) is 26.4. The first-order valence-corrected chi connectivity index (χ1v) is 13.9. The fourth-order valence-corrected chi connectivity index (χ4v) is 6.05. The molecule has 7 nitrogen and oxygen atoms in total. The summed E-state index contributed by atoms with van der Waals surface area (Å²) in [7, 11) is 1.69. The summed E-state index contributed by atoms with van der Waals surface area (Å²) >= 11 is 1.77. The fourth-order valence-electron chi connectivity index (χ4n) is 5.29. The second kappa shape index (κ2) is 13.6. The van der Waals surface area contributed by atoms with Gasteiger partial charge in [0.15, 0.2) is 0 Å². The number of thioether (sulfide) groups is 1. The van der Waals surface area contributed by atoms with Crippen molar-refractivity contribution in [3.8, 4) is 5.75 Å². The van der Waals surface area contributed by atoms with Crippen LogP contribution in [0.1, 0.15) is 44.1 Å². The molecule has 2 aromatic heterocycles. The van der Waals surface area contributed by atoms with E-state index in [1.165, 1.54) is 5.56 Å².